The highest BCUT2D eigenvalue weighted by Crippen LogP contribution is 2.34. The molecule has 0 bridgehead atoms. The summed E-state index contributed by atoms with van der Waals surface area (Å²) in [7, 11) is 0. The Hall–Kier alpha value is -1.83. The number of rotatable bonds is 2. The SMILES string of the molecule is CC(C)c1c(O)cccc1-c1cccnc1. The van der Waals surface area contributed by atoms with Crippen molar-refractivity contribution in [2.75, 3.05) is 0 Å². The van der Waals surface area contributed by atoms with E-state index in [2.05, 4.69) is 18.8 Å². The molecule has 1 N–H and O–H groups in total. The maximum atomic E-state index is 9.90. The van der Waals surface area contributed by atoms with Gasteiger partial charge in [0.25, 0.3) is 0 Å². The van der Waals surface area contributed by atoms with Gasteiger partial charge in [0, 0.05) is 23.5 Å². The molecule has 82 valence electrons. The Bertz CT molecular complexity index is 477. The summed E-state index contributed by atoms with van der Waals surface area (Å²) in [6.07, 6.45) is 3.57. The summed E-state index contributed by atoms with van der Waals surface area (Å²) >= 11 is 0. The number of phenols is 1. The predicted molar refractivity (Wildman–Crippen MR) is 65.4 cm³/mol. The Labute approximate surface area is 95.6 Å². The molecule has 0 unspecified atom stereocenters. The van der Waals surface area contributed by atoms with Gasteiger partial charge in [-0.2, -0.15) is 0 Å². The summed E-state index contributed by atoms with van der Waals surface area (Å²) in [4.78, 5) is 4.11. The van der Waals surface area contributed by atoms with Crippen LogP contribution in [0.2, 0.25) is 0 Å². The Morgan fingerprint density at radius 3 is 2.56 bits per heavy atom. The molecule has 1 aromatic heterocycles. The molecule has 0 radical (unpaired) electrons. The fourth-order valence-corrected chi connectivity index (χ4v) is 1.93. The highest BCUT2D eigenvalue weighted by Gasteiger charge is 2.12. The van der Waals surface area contributed by atoms with Crippen molar-refractivity contribution in [3.63, 3.8) is 0 Å². The molecule has 0 saturated heterocycles. The molecule has 1 heterocycles. The maximum Gasteiger partial charge on any atom is 0.119 e. The average molecular weight is 213 g/mol. The smallest absolute Gasteiger partial charge is 0.119 e. The van der Waals surface area contributed by atoms with Gasteiger partial charge in [-0.15, -0.1) is 0 Å². The van der Waals surface area contributed by atoms with Gasteiger partial charge in [0.05, 0.1) is 0 Å². The van der Waals surface area contributed by atoms with Crippen molar-refractivity contribution >= 4 is 0 Å². The lowest BCUT2D eigenvalue weighted by molar-refractivity contribution is 0.465. The molecule has 0 aliphatic carbocycles. The van der Waals surface area contributed by atoms with Gasteiger partial charge in [-0.25, -0.2) is 0 Å². The molecule has 0 atom stereocenters. The topological polar surface area (TPSA) is 33.1 Å². The first-order valence-electron chi connectivity index (χ1n) is 5.42. The zero-order valence-corrected chi connectivity index (χ0v) is 9.51. The molecule has 2 heteroatoms. The van der Waals surface area contributed by atoms with E-state index in [9.17, 15) is 5.11 Å². The number of phenolic OH excluding ortho intramolecular Hbond substituents is 1. The third kappa shape index (κ3) is 1.91. The Morgan fingerprint density at radius 1 is 1.12 bits per heavy atom. The molecule has 0 aliphatic rings. The van der Waals surface area contributed by atoms with E-state index >= 15 is 0 Å². The van der Waals surface area contributed by atoms with E-state index in [0.717, 1.165) is 16.7 Å². The van der Waals surface area contributed by atoms with E-state index in [4.69, 9.17) is 0 Å². The fourth-order valence-electron chi connectivity index (χ4n) is 1.93. The Kier molecular flexibility index (Phi) is 2.91. The number of pyridine rings is 1. The van der Waals surface area contributed by atoms with Crippen molar-refractivity contribution in [2.24, 2.45) is 0 Å². The van der Waals surface area contributed by atoms with Crippen LogP contribution >= 0.6 is 0 Å². The summed E-state index contributed by atoms with van der Waals surface area (Å²) in [5.74, 6) is 0.646. The predicted octanol–water partition coefficient (Wildman–Crippen LogP) is 3.58. The van der Waals surface area contributed by atoms with Crippen molar-refractivity contribution in [2.45, 2.75) is 19.8 Å². The second kappa shape index (κ2) is 4.35. The minimum absolute atomic E-state index is 0.288. The minimum atomic E-state index is 0.288. The van der Waals surface area contributed by atoms with E-state index in [1.165, 1.54) is 0 Å². The van der Waals surface area contributed by atoms with Crippen LogP contribution < -0.4 is 0 Å². The third-order valence-corrected chi connectivity index (χ3v) is 2.63. The van der Waals surface area contributed by atoms with Gasteiger partial charge < -0.3 is 5.11 Å². The molecular weight excluding hydrogens is 198 g/mol. The summed E-state index contributed by atoms with van der Waals surface area (Å²) in [5, 5.41) is 9.90. The van der Waals surface area contributed by atoms with Gasteiger partial charge in [-0.1, -0.05) is 32.0 Å². The molecule has 16 heavy (non-hydrogen) atoms. The van der Waals surface area contributed by atoms with Crippen LogP contribution in [0, 0.1) is 0 Å². The third-order valence-electron chi connectivity index (χ3n) is 2.63. The molecule has 2 aromatic rings. The number of hydrogen-bond donors (Lipinski definition) is 1. The van der Waals surface area contributed by atoms with Crippen molar-refractivity contribution < 1.29 is 5.11 Å². The lowest BCUT2D eigenvalue weighted by Gasteiger charge is -2.14. The van der Waals surface area contributed by atoms with Crippen molar-refractivity contribution in [3.05, 3.63) is 48.3 Å². The van der Waals surface area contributed by atoms with Crippen LogP contribution in [0.5, 0.6) is 5.75 Å². The number of aromatic hydroxyl groups is 1. The molecule has 0 amide bonds. The van der Waals surface area contributed by atoms with Gasteiger partial charge in [0.1, 0.15) is 5.75 Å². The number of aromatic nitrogens is 1. The first-order chi connectivity index (χ1) is 7.70. The second-order valence-corrected chi connectivity index (χ2v) is 4.13. The maximum absolute atomic E-state index is 9.90. The van der Waals surface area contributed by atoms with Crippen LogP contribution in [0.15, 0.2) is 42.7 Å². The Balaban J connectivity index is 2.61. The molecule has 2 rings (SSSR count). The fraction of sp³-hybridized carbons (Fsp3) is 0.214. The molecule has 0 aliphatic heterocycles. The zero-order valence-electron chi connectivity index (χ0n) is 9.51. The van der Waals surface area contributed by atoms with Gasteiger partial charge >= 0.3 is 0 Å². The first kappa shape index (κ1) is 10.7. The summed E-state index contributed by atoms with van der Waals surface area (Å²) in [6.45, 7) is 4.16. The van der Waals surface area contributed by atoms with Crippen LogP contribution in [0.3, 0.4) is 0 Å². The van der Waals surface area contributed by atoms with Gasteiger partial charge in [-0.3, -0.25) is 4.98 Å². The highest BCUT2D eigenvalue weighted by molar-refractivity contribution is 5.69. The summed E-state index contributed by atoms with van der Waals surface area (Å²) in [6, 6.07) is 9.53. The largest absolute Gasteiger partial charge is 0.508 e. The average Bonchev–Trinajstić information content (AvgIpc) is 2.29. The van der Waals surface area contributed by atoms with Crippen LogP contribution in [-0.4, -0.2) is 10.1 Å². The second-order valence-electron chi connectivity index (χ2n) is 4.13. The highest BCUT2D eigenvalue weighted by atomic mass is 16.3. The number of hydrogen-bond acceptors (Lipinski definition) is 2. The number of benzene rings is 1. The number of nitrogens with zero attached hydrogens (tertiary/aromatic N) is 1. The molecule has 0 spiro atoms. The Morgan fingerprint density at radius 2 is 1.94 bits per heavy atom. The van der Waals surface area contributed by atoms with Crippen LogP contribution in [0.25, 0.3) is 11.1 Å². The lowest BCUT2D eigenvalue weighted by atomic mass is 9.92. The molecule has 1 aromatic carbocycles. The normalized spacial score (nSPS) is 10.7. The van der Waals surface area contributed by atoms with Gasteiger partial charge in [0.15, 0.2) is 0 Å². The lowest BCUT2D eigenvalue weighted by Crippen LogP contribution is -1.93. The monoisotopic (exact) mass is 213 g/mol. The molecule has 0 fully saturated rings. The zero-order chi connectivity index (χ0) is 11.5. The first-order valence-corrected chi connectivity index (χ1v) is 5.42. The minimum Gasteiger partial charge on any atom is -0.508 e. The summed E-state index contributed by atoms with van der Waals surface area (Å²) in [5.41, 5.74) is 3.08. The van der Waals surface area contributed by atoms with E-state index in [0.29, 0.717) is 5.75 Å². The summed E-state index contributed by atoms with van der Waals surface area (Å²) < 4.78 is 0. The molecule has 0 saturated carbocycles. The van der Waals surface area contributed by atoms with Crippen molar-refractivity contribution in [1.82, 2.24) is 4.98 Å². The van der Waals surface area contributed by atoms with E-state index < -0.39 is 0 Å². The molecule has 2 nitrogen and oxygen atoms in total. The van der Waals surface area contributed by atoms with E-state index in [1.807, 2.05) is 30.5 Å². The van der Waals surface area contributed by atoms with Crippen molar-refractivity contribution in [1.29, 1.82) is 0 Å². The quantitative estimate of drug-likeness (QED) is 0.827. The van der Waals surface area contributed by atoms with Crippen molar-refractivity contribution in [3.8, 4) is 16.9 Å². The van der Waals surface area contributed by atoms with Crippen LogP contribution in [0.4, 0.5) is 0 Å². The van der Waals surface area contributed by atoms with Crippen LogP contribution in [-0.2, 0) is 0 Å². The van der Waals surface area contributed by atoms with Gasteiger partial charge in [-0.05, 0) is 23.6 Å². The molecular formula is C14H15NO. The van der Waals surface area contributed by atoms with Crippen LogP contribution in [0.1, 0.15) is 25.3 Å². The van der Waals surface area contributed by atoms with E-state index in [-0.39, 0.29) is 5.92 Å². The van der Waals surface area contributed by atoms with E-state index in [1.54, 1.807) is 12.3 Å². The standard InChI is InChI=1S/C14H15NO/c1-10(2)14-12(6-3-7-13(14)16)11-5-4-8-15-9-11/h3-10,16H,1-2H3. The van der Waals surface area contributed by atoms with Gasteiger partial charge in [0.2, 0.25) is 0 Å².